The molecule has 0 aromatic carbocycles. The highest BCUT2D eigenvalue weighted by atomic mass is 79.9. The Bertz CT molecular complexity index is 559. The van der Waals surface area contributed by atoms with Crippen molar-refractivity contribution in [2.24, 2.45) is 0 Å². The topological polar surface area (TPSA) is 62.7 Å². The van der Waals surface area contributed by atoms with Crippen LogP contribution >= 0.6 is 15.9 Å². The van der Waals surface area contributed by atoms with Crippen LogP contribution in [0.1, 0.15) is 49.2 Å². The molecule has 0 saturated carbocycles. The summed E-state index contributed by atoms with van der Waals surface area (Å²) >= 11 is 3.41. The summed E-state index contributed by atoms with van der Waals surface area (Å²) in [4.78, 5) is 19.4. The van der Waals surface area contributed by atoms with Crippen LogP contribution in [0, 0.1) is 0 Å². The molecule has 2 aromatic rings. The molecule has 1 unspecified atom stereocenters. The van der Waals surface area contributed by atoms with Gasteiger partial charge in [0.15, 0.2) is 0 Å². The van der Waals surface area contributed by atoms with Crippen molar-refractivity contribution in [1.29, 1.82) is 0 Å². The first kappa shape index (κ1) is 13.9. The van der Waals surface area contributed by atoms with Gasteiger partial charge in [0.25, 0.3) is 5.91 Å². The second-order valence-corrected chi connectivity index (χ2v) is 5.63. The van der Waals surface area contributed by atoms with Crippen LogP contribution in [0.25, 0.3) is 0 Å². The van der Waals surface area contributed by atoms with Gasteiger partial charge in [-0.2, -0.15) is 0 Å². The Morgan fingerprint density at radius 1 is 1.47 bits per heavy atom. The van der Waals surface area contributed by atoms with E-state index in [0.717, 1.165) is 10.3 Å². The van der Waals surface area contributed by atoms with Crippen LogP contribution in [0.3, 0.4) is 0 Å². The Hall–Kier alpha value is -1.56. The fraction of sp³-hybridized carbons (Fsp3) is 0.385. The van der Waals surface area contributed by atoms with E-state index in [1.807, 2.05) is 37.6 Å². The quantitative estimate of drug-likeness (QED) is 0.907. The van der Waals surface area contributed by atoms with Crippen molar-refractivity contribution >= 4 is 21.8 Å². The molecule has 0 spiro atoms. The van der Waals surface area contributed by atoms with E-state index in [1.165, 1.54) is 0 Å². The van der Waals surface area contributed by atoms with Gasteiger partial charge in [0.05, 0.1) is 6.04 Å². The number of H-pyrrole nitrogens is 1. The predicted molar refractivity (Wildman–Crippen MR) is 77.0 cm³/mol. The van der Waals surface area contributed by atoms with Crippen LogP contribution in [-0.2, 0) is 0 Å². The maximum absolute atomic E-state index is 12.3. The number of carbonyl (C=O) groups excluding carboxylic acids is 1. The van der Waals surface area contributed by atoms with Crippen molar-refractivity contribution in [1.82, 2.24) is 19.9 Å². The Kier molecular flexibility index (Phi) is 4.09. The molecular weight excluding hydrogens is 308 g/mol. The van der Waals surface area contributed by atoms with E-state index >= 15 is 0 Å². The highest BCUT2D eigenvalue weighted by molar-refractivity contribution is 9.10. The highest BCUT2D eigenvalue weighted by Gasteiger charge is 2.18. The monoisotopic (exact) mass is 324 g/mol. The van der Waals surface area contributed by atoms with Crippen molar-refractivity contribution in [3.05, 3.63) is 40.6 Å². The van der Waals surface area contributed by atoms with Gasteiger partial charge >= 0.3 is 0 Å². The van der Waals surface area contributed by atoms with E-state index in [2.05, 4.69) is 31.2 Å². The maximum atomic E-state index is 12.3. The third-order valence-corrected chi connectivity index (χ3v) is 3.31. The van der Waals surface area contributed by atoms with Crippen molar-refractivity contribution in [2.75, 3.05) is 0 Å². The first-order valence-corrected chi connectivity index (χ1v) is 6.96. The van der Waals surface area contributed by atoms with E-state index in [0.29, 0.717) is 5.69 Å². The first-order valence-electron chi connectivity index (χ1n) is 6.16. The summed E-state index contributed by atoms with van der Waals surface area (Å²) in [6.07, 6.45) is 5.33. The summed E-state index contributed by atoms with van der Waals surface area (Å²) in [5, 5.41) is 2.93. The summed E-state index contributed by atoms with van der Waals surface area (Å²) in [6, 6.07) is 1.90. The number of hydrogen-bond donors (Lipinski definition) is 2. The van der Waals surface area contributed by atoms with Crippen molar-refractivity contribution in [2.45, 2.75) is 32.9 Å². The standard InChI is InChI=1S/C13H17BrN4O/c1-8(2)18-7-10(14)6-11(18)13(19)17-9(3)12-15-4-5-16-12/h4-9H,1-3H3,(H,15,16)(H,17,19). The minimum atomic E-state index is -0.156. The van der Waals surface area contributed by atoms with Gasteiger partial charge in [0, 0.05) is 29.1 Å². The van der Waals surface area contributed by atoms with E-state index in [9.17, 15) is 4.79 Å². The second-order valence-electron chi connectivity index (χ2n) is 4.71. The number of rotatable bonds is 4. The largest absolute Gasteiger partial charge is 0.347 e. The van der Waals surface area contributed by atoms with E-state index in [-0.39, 0.29) is 18.0 Å². The summed E-state index contributed by atoms with van der Waals surface area (Å²) in [6.45, 7) is 5.98. The van der Waals surface area contributed by atoms with Crippen LogP contribution in [0.15, 0.2) is 29.1 Å². The van der Waals surface area contributed by atoms with Gasteiger partial charge < -0.3 is 14.9 Å². The Morgan fingerprint density at radius 3 is 2.79 bits per heavy atom. The Labute approximate surface area is 120 Å². The minimum Gasteiger partial charge on any atom is -0.347 e. The number of imidazole rings is 1. The van der Waals surface area contributed by atoms with Crippen LogP contribution in [0.2, 0.25) is 0 Å². The summed E-state index contributed by atoms with van der Waals surface area (Å²) in [7, 11) is 0. The number of hydrogen-bond acceptors (Lipinski definition) is 2. The van der Waals surface area contributed by atoms with Gasteiger partial charge in [0.2, 0.25) is 0 Å². The SMILES string of the molecule is CC(NC(=O)c1cc(Br)cn1C(C)C)c1ncc[nH]1. The molecule has 0 fully saturated rings. The molecule has 5 nitrogen and oxygen atoms in total. The number of aromatic nitrogens is 3. The average Bonchev–Trinajstić information content (AvgIpc) is 2.96. The van der Waals surface area contributed by atoms with Crippen molar-refractivity contribution in [3.8, 4) is 0 Å². The van der Waals surface area contributed by atoms with E-state index in [1.54, 1.807) is 12.4 Å². The van der Waals surface area contributed by atoms with Gasteiger partial charge in [-0.05, 0) is 42.8 Å². The molecule has 1 atom stereocenters. The third-order valence-electron chi connectivity index (χ3n) is 2.88. The maximum Gasteiger partial charge on any atom is 0.268 e. The molecule has 0 aliphatic heterocycles. The van der Waals surface area contributed by atoms with Gasteiger partial charge in [0.1, 0.15) is 11.5 Å². The summed E-state index contributed by atoms with van der Waals surface area (Å²) < 4.78 is 2.84. The van der Waals surface area contributed by atoms with Gasteiger partial charge in [-0.3, -0.25) is 4.79 Å². The normalized spacial score (nSPS) is 12.7. The minimum absolute atomic E-state index is 0.108. The molecular formula is C13H17BrN4O. The zero-order valence-corrected chi connectivity index (χ0v) is 12.7. The van der Waals surface area contributed by atoms with Crippen molar-refractivity contribution in [3.63, 3.8) is 0 Å². The predicted octanol–water partition coefficient (Wildman–Crippen LogP) is 3.05. The van der Waals surface area contributed by atoms with Crippen molar-refractivity contribution < 1.29 is 4.79 Å². The lowest BCUT2D eigenvalue weighted by molar-refractivity contribution is 0.0927. The molecule has 0 saturated heterocycles. The number of nitrogens with one attached hydrogen (secondary N) is 2. The molecule has 102 valence electrons. The Morgan fingerprint density at radius 2 is 2.21 bits per heavy atom. The number of aromatic amines is 1. The summed E-state index contributed by atoms with van der Waals surface area (Å²) in [5.41, 5.74) is 0.639. The molecule has 0 aliphatic carbocycles. The summed E-state index contributed by atoms with van der Waals surface area (Å²) in [5.74, 6) is 0.637. The zero-order chi connectivity index (χ0) is 14.0. The molecule has 19 heavy (non-hydrogen) atoms. The van der Waals surface area contributed by atoms with Crippen LogP contribution in [0.4, 0.5) is 0 Å². The average molecular weight is 325 g/mol. The van der Waals surface area contributed by atoms with Gasteiger partial charge in [-0.15, -0.1) is 0 Å². The fourth-order valence-corrected chi connectivity index (χ4v) is 2.35. The lowest BCUT2D eigenvalue weighted by atomic mass is 10.3. The number of carbonyl (C=O) groups is 1. The highest BCUT2D eigenvalue weighted by Crippen LogP contribution is 2.20. The van der Waals surface area contributed by atoms with Crippen LogP contribution in [-0.4, -0.2) is 20.4 Å². The number of halogens is 1. The fourth-order valence-electron chi connectivity index (χ4n) is 1.91. The molecule has 2 aromatic heterocycles. The molecule has 2 heterocycles. The lowest BCUT2D eigenvalue weighted by Gasteiger charge is -2.15. The van der Waals surface area contributed by atoms with Crippen LogP contribution < -0.4 is 5.32 Å². The van der Waals surface area contributed by atoms with Gasteiger partial charge in [-0.1, -0.05) is 0 Å². The lowest BCUT2D eigenvalue weighted by Crippen LogP contribution is -2.29. The number of amides is 1. The molecule has 0 radical (unpaired) electrons. The molecule has 0 bridgehead atoms. The third kappa shape index (κ3) is 3.07. The van der Waals surface area contributed by atoms with Gasteiger partial charge in [-0.25, -0.2) is 4.98 Å². The number of nitrogens with zero attached hydrogens (tertiary/aromatic N) is 2. The molecule has 1 amide bonds. The van der Waals surface area contributed by atoms with E-state index in [4.69, 9.17) is 0 Å². The Balaban J connectivity index is 2.16. The molecule has 2 N–H and O–H groups in total. The first-order chi connectivity index (χ1) is 8.99. The van der Waals surface area contributed by atoms with Crippen LogP contribution in [0.5, 0.6) is 0 Å². The molecule has 0 aliphatic rings. The van der Waals surface area contributed by atoms with E-state index < -0.39 is 0 Å². The zero-order valence-electron chi connectivity index (χ0n) is 11.1. The second kappa shape index (κ2) is 5.61. The molecule has 6 heteroatoms. The molecule has 2 rings (SSSR count). The smallest absolute Gasteiger partial charge is 0.268 e.